The van der Waals surface area contributed by atoms with Gasteiger partial charge in [0, 0.05) is 31.7 Å². The highest BCUT2D eigenvalue weighted by Gasteiger charge is 2.22. The molecule has 3 heterocycles. The Labute approximate surface area is 105 Å². The predicted molar refractivity (Wildman–Crippen MR) is 69.5 cm³/mol. The van der Waals surface area contributed by atoms with Gasteiger partial charge in [0.1, 0.15) is 12.1 Å². The molecule has 7 heteroatoms. The minimum absolute atomic E-state index is 0.430. The fourth-order valence-electron chi connectivity index (χ4n) is 2.26. The molecule has 2 aromatic heterocycles. The number of likely N-dealkylation sites (N-methyl/N-ethyl adjacent to an activating group) is 1. The summed E-state index contributed by atoms with van der Waals surface area (Å²) in [5, 5.41) is 7.87. The summed E-state index contributed by atoms with van der Waals surface area (Å²) in [6.45, 7) is 5.15. The van der Waals surface area contributed by atoms with Gasteiger partial charge in [0.05, 0.1) is 0 Å². The minimum atomic E-state index is 0.430. The van der Waals surface area contributed by atoms with Crippen molar-refractivity contribution in [3.63, 3.8) is 0 Å². The van der Waals surface area contributed by atoms with Crippen LogP contribution in [0.15, 0.2) is 12.4 Å². The van der Waals surface area contributed by atoms with Crippen molar-refractivity contribution in [2.45, 2.75) is 13.0 Å². The van der Waals surface area contributed by atoms with Gasteiger partial charge in [-0.2, -0.15) is 4.98 Å². The molecule has 18 heavy (non-hydrogen) atoms. The Morgan fingerprint density at radius 2 is 2.22 bits per heavy atom. The van der Waals surface area contributed by atoms with E-state index in [1.807, 2.05) is 6.07 Å². The molecule has 1 aliphatic rings. The molecule has 1 fully saturated rings. The average Bonchev–Trinajstić information content (AvgIpc) is 2.81. The summed E-state index contributed by atoms with van der Waals surface area (Å²) in [5.41, 5.74) is 6.64. The number of fused-ring (bicyclic) bond motifs is 1. The molecule has 7 nitrogen and oxygen atoms in total. The molecule has 2 N–H and O–H groups in total. The van der Waals surface area contributed by atoms with Crippen LogP contribution in [-0.2, 0) is 0 Å². The van der Waals surface area contributed by atoms with E-state index in [9.17, 15) is 0 Å². The number of hydrogen-bond acceptors (Lipinski definition) is 6. The molecule has 1 saturated heterocycles. The second-order valence-corrected chi connectivity index (χ2v) is 4.81. The van der Waals surface area contributed by atoms with Crippen molar-refractivity contribution in [3.05, 3.63) is 12.4 Å². The Hall–Kier alpha value is -1.89. The third-order valence-corrected chi connectivity index (χ3v) is 3.59. The van der Waals surface area contributed by atoms with E-state index in [-0.39, 0.29) is 0 Å². The molecule has 96 valence electrons. The van der Waals surface area contributed by atoms with Crippen LogP contribution in [0.5, 0.6) is 0 Å². The molecule has 1 atom stereocenters. The standard InChI is InChI=1S/C11H17N7/c1-8-6-17(4-3-16(8)2)9-5-10-15-13-7-18(10)11(12)14-9/h5,7-8H,3-4,6H2,1-2H3,(H2,12,14). The van der Waals surface area contributed by atoms with Gasteiger partial charge in [0.2, 0.25) is 5.95 Å². The van der Waals surface area contributed by atoms with Crippen LogP contribution in [0, 0.1) is 0 Å². The van der Waals surface area contributed by atoms with Gasteiger partial charge in [0.15, 0.2) is 5.65 Å². The zero-order chi connectivity index (χ0) is 12.7. The maximum Gasteiger partial charge on any atom is 0.209 e. The molecule has 1 unspecified atom stereocenters. The van der Waals surface area contributed by atoms with E-state index in [1.165, 1.54) is 0 Å². The monoisotopic (exact) mass is 247 g/mol. The van der Waals surface area contributed by atoms with Crippen molar-refractivity contribution in [3.8, 4) is 0 Å². The quantitative estimate of drug-likeness (QED) is 0.755. The van der Waals surface area contributed by atoms with Crippen molar-refractivity contribution in [2.24, 2.45) is 0 Å². The zero-order valence-electron chi connectivity index (χ0n) is 10.6. The largest absolute Gasteiger partial charge is 0.369 e. The first kappa shape index (κ1) is 11.2. The van der Waals surface area contributed by atoms with Crippen LogP contribution in [-0.4, -0.2) is 57.2 Å². The van der Waals surface area contributed by atoms with Crippen LogP contribution in [0.2, 0.25) is 0 Å². The normalized spacial score (nSPS) is 21.7. The van der Waals surface area contributed by atoms with E-state index in [2.05, 4.69) is 39.0 Å². The summed E-state index contributed by atoms with van der Waals surface area (Å²) in [4.78, 5) is 9.01. The third-order valence-electron chi connectivity index (χ3n) is 3.59. The fourth-order valence-corrected chi connectivity index (χ4v) is 2.26. The molecule has 0 spiro atoms. The van der Waals surface area contributed by atoms with Crippen molar-refractivity contribution in [1.82, 2.24) is 24.5 Å². The lowest BCUT2D eigenvalue weighted by molar-refractivity contribution is 0.233. The number of anilines is 2. The van der Waals surface area contributed by atoms with Crippen molar-refractivity contribution in [1.29, 1.82) is 0 Å². The average molecular weight is 247 g/mol. The summed E-state index contributed by atoms with van der Waals surface area (Å²) in [6.07, 6.45) is 1.58. The van der Waals surface area contributed by atoms with E-state index >= 15 is 0 Å². The number of piperazine rings is 1. The van der Waals surface area contributed by atoms with Gasteiger partial charge in [-0.05, 0) is 14.0 Å². The van der Waals surface area contributed by atoms with Crippen molar-refractivity contribution in [2.75, 3.05) is 37.3 Å². The summed E-state index contributed by atoms with van der Waals surface area (Å²) < 4.78 is 1.68. The lowest BCUT2D eigenvalue weighted by Crippen LogP contribution is -2.50. The molecule has 0 radical (unpaired) electrons. The Morgan fingerprint density at radius 3 is 3.00 bits per heavy atom. The first-order valence-corrected chi connectivity index (χ1v) is 6.06. The van der Waals surface area contributed by atoms with Crippen LogP contribution in [0.3, 0.4) is 0 Å². The van der Waals surface area contributed by atoms with E-state index in [0.717, 1.165) is 31.1 Å². The maximum atomic E-state index is 5.90. The zero-order valence-corrected chi connectivity index (χ0v) is 10.6. The summed E-state index contributed by atoms with van der Waals surface area (Å²) in [5.74, 6) is 1.31. The first-order chi connectivity index (χ1) is 8.65. The highest BCUT2D eigenvalue weighted by molar-refractivity contribution is 5.55. The number of hydrogen-bond donors (Lipinski definition) is 1. The fraction of sp³-hybridized carbons (Fsp3) is 0.545. The molecule has 0 saturated carbocycles. The van der Waals surface area contributed by atoms with Crippen LogP contribution in [0.25, 0.3) is 5.65 Å². The van der Waals surface area contributed by atoms with Gasteiger partial charge in [-0.15, -0.1) is 10.2 Å². The van der Waals surface area contributed by atoms with Gasteiger partial charge in [-0.1, -0.05) is 0 Å². The molecule has 0 bridgehead atoms. The Balaban J connectivity index is 1.94. The minimum Gasteiger partial charge on any atom is -0.369 e. The number of nitrogens with zero attached hydrogens (tertiary/aromatic N) is 6. The summed E-state index contributed by atoms with van der Waals surface area (Å²) in [6, 6.07) is 2.44. The molecule has 0 aliphatic carbocycles. The van der Waals surface area contributed by atoms with E-state index < -0.39 is 0 Å². The van der Waals surface area contributed by atoms with Crippen molar-refractivity contribution < 1.29 is 0 Å². The van der Waals surface area contributed by atoms with E-state index in [0.29, 0.717) is 12.0 Å². The number of aromatic nitrogens is 4. The van der Waals surface area contributed by atoms with Crippen molar-refractivity contribution >= 4 is 17.4 Å². The summed E-state index contributed by atoms with van der Waals surface area (Å²) in [7, 11) is 2.14. The molecular formula is C11H17N7. The molecule has 1 aliphatic heterocycles. The lowest BCUT2D eigenvalue weighted by atomic mass is 10.2. The molecular weight excluding hydrogens is 230 g/mol. The van der Waals surface area contributed by atoms with Crippen LogP contribution < -0.4 is 10.6 Å². The lowest BCUT2D eigenvalue weighted by Gasteiger charge is -2.38. The topological polar surface area (TPSA) is 75.6 Å². The van der Waals surface area contributed by atoms with E-state index in [4.69, 9.17) is 5.73 Å². The smallest absolute Gasteiger partial charge is 0.209 e. The van der Waals surface area contributed by atoms with Gasteiger partial charge in [-0.25, -0.2) is 0 Å². The number of nitrogens with two attached hydrogens (primary N) is 1. The first-order valence-electron chi connectivity index (χ1n) is 6.06. The van der Waals surface area contributed by atoms with Crippen LogP contribution in [0.1, 0.15) is 6.92 Å². The van der Waals surface area contributed by atoms with Crippen LogP contribution in [0.4, 0.5) is 11.8 Å². The maximum absolute atomic E-state index is 5.90. The molecule has 0 aromatic carbocycles. The number of nitrogen functional groups attached to an aromatic ring is 1. The molecule has 2 aromatic rings. The third kappa shape index (κ3) is 1.76. The van der Waals surface area contributed by atoms with Gasteiger partial charge >= 0.3 is 0 Å². The second-order valence-electron chi connectivity index (χ2n) is 4.81. The van der Waals surface area contributed by atoms with Gasteiger partial charge in [0.25, 0.3) is 0 Å². The molecule has 3 rings (SSSR count). The summed E-state index contributed by atoms with van der Waals surface area (Å²) >= 11 is 0. The predicted octanol–water partition coefficient (Wildman–Crippen LogP) is -0.153. The highest BCUT2D eigenvalue weighted by atomic mass is 15.3. The second kappa shape index (κ2) is 4.09. The molecule has 0 amide bonds. The Morgan fingerprint density at radius 1 is 1.39 bits per heavy atom. The van der Waals surface area contributed by atoms with Crippen LogP contribution >= 0.6 is 0 Å². The highest BCUT2D eigenvalue weighted by Crippen LogP contribution is 2.19. The van der Waals surface area contributed by atoms with Gasteiger partial charge in [-0.3, -0.25) is 4.40 Å². The Kier molecular flexibility index (Phi) is 2.55. The Bertz CT molecular complexity index is 564. The number of rotatable bonds is 1. The van der Waals surface area contributed by atoms with Gasteiger partial charge < -0.3 is 15.5 Å². The van der Waals surface area contributed by atoms with E-state index in [1.54, 1.807) is 10.7 Å². The SMILES string of the molecule is CC1CN(c2cc3nncn3c(N)n2)CCN1C.